The molecule has 1 aliphatic heterocycles. The number of hydrogen-bond donors (Lipinski definition) is 1. The van der Waals surface area contributed by atoms with Crippen molar-refractivity contribution in [2.24, 2.45) is 0 Å². The molecule has 1 heterocycles. The van der Waals surface area contributed by atoms with E-state index in [2.05, 4.69) is 5.32 Å². The number of benzene rings is 1. The molecule has 17 heavy (non-hydrogen) atoms. The summed E-state index contributed by atoms with van der Waals surface area (Å²) in [6.45, 7) is 0.786. The van der Waals surface area contributed by atoms with Crippen LogP contribution in [-0.4, -0.2) is 21.7 Å². The molecule has 0 radical (unpaired) electrons. The summed E-state index contributed by atoms with van der Waals surface area (Å²) in [7, 11) is -1.63. The second kappa shape index (κ2) is 4.98. The maximum atomic E-state index is 11.4. The largest absolute Gasteiger partial charge is 0.387 e. The molecule has 1 N–H and O–H groups in total. The van der Waals surface area contributed by atoms with E-state index in [1.54, 1.807) is 7.05 Å². The summed E-state index contributed by atoms with van der Waals surface area (Å²) >= 11 is 0. The zero-order valence-electron chi connectivity index (χ0n) is 9.67. The lowest BCUT2D eigenvalue weighted by molar-refractivity contribution is 0.600. The molecule has 0 aliphatic carbocycles. The normalized spacial score (nSPS) is 13.3. The van der Waals surface area contributed by atoms with Gasteiger partial charge in [0.25, 0.3) is 0 Å². The van der Waals surface area contributed by atoms with Crippen LogP contribution in [-0.2, 0) is 16.6 Å². The van der Waals surface area contributed by atoms with E-state index in [0.29, 0.717) is 5.69 Å². The molecule has 0 atom stereocenters. The highest BCUT2D eigenvalue weighted by atomic mass is 35.5. The molecule has 1 aromatic rings. The van der Waals surface area contributed by atoms with E-state index in [1.165, 1.54) is 16.1 Å². The van der Waals surface area contributed by atoms with Crippen molar-refractivity contribution in [3.05, 3.63) is 35.5 Å². The average Bonchev–Trinajstić information content (AvgIpc) is 2.26. The third-order valence-electron chi connectivity index (χ3n) is 2.66. The predicted octanol–water partition coefficient (Wildman–Crippen LogP) is 1.58. The lowest BCUT2D eigenvalue weighted by Crippen LogP contribution is -2.25. The summed E-state index contributed by atoms with van der Waals surface area (Å²) in [5.74, 6) is 0. The molecule has 1 aromatic carbocycles. The quantitative estimate of drug-likeness (QED) is 0.891. The van der Waals surface area contributed by atoms with Gasteiger partial charge in [-0.1, -0.05) is 6.07 Å². The van der Waals surface area contributed by atoms with Crippen LogP contribution in [0, 0.1) is 0 Å². The molecule has 0 fully saturated rings. The lowest BCUT2D eigenvalue weighted by Gasteiger charge is -2.19. The molecule has 94 valence electrons. The molecule has 0 aromatic heterocycles. The van der Waals surface area contributed by atoms with Crippen LogP contribution >= 0.6 is 12.4 Å². The Kier molecular flexibility index (Phi) is 4.06. The summed E-state index contributed by atoms with van der Waals surface area (Å²) in [6.07, 6.45) is 5.01. The van der Waals surface area contributed by atoms with Crippen molar-refractivity contribution in [3.8, 4) is 0 Å². The number of nitrogens with one attached hydrogen (secondary N) is 1. The van der Waals surface area contributed by atoms with Gasteiger partial charge in [0.05, 0.1) is 11.9 Å². The second-order valence-corrected chi connectivity index (χ2v) is 5.84. The fourth-order valence-electron chi connectivity index (χ4n) is 1.60. The minimum Gasteiger partial charge on any atom is -0.387 e. The van der Waals surface area contributed by atoms with Crippen molar-refractivity contribution in [3.63, 3.8) is 0 Å². The van der Waals surface area contributed by atoms with E-state index in [-0.39, 0.29) is 12.4 Å². The predicted molar refractivity (Wildman–Crippen MR) is 72.8 cm³/mol. The third kappa shape index (κ3) is 2.92. The Morgan fingerprint density at radius 2 is 2.06 bits per heavy atom. The zero-order valence-corrected chi connectivity index (χ0v) is 11.3. The molecule has 0 unspecified atom stereocenters. The van der Waals surface area contributed by atoms with Gasteiger partial charge in [-0.25, -0.2) is 8.42 Å². The highest BCUT2D eigenvalue weighted by Gasteiger charge is 2.13. The summed E-state index contributed by atoms with van der Waals surface area (Å²) < 4.78 is 24.1. The van der Waals surface area contributed by atoms with Crippen LogP contribution in [0.4, 0.5) is 5.69 Å². The van der Waals surface area contributed by atoms with E-state index in [0.717, 1.165) is 12.1 Å². The van der Waals surface area contributed by atoms with Gasteiger partial charge >= 0.3 is 0 Å². The molecular formula is C11H15ClN2O2S. The maximum Gasteiger partial charge on any atom is 0.231 e. The highest BCUT2D eigenvalue weighted by Crippen LogP contribution is 2.23. The Balaban J connectivity index is 0.00000144. The first-order valence-electron chi connectivity index (χ1n) is 4.95. The first-order valence-corrected chi connectivity index (χ1v) is 6.80. The number of sulfonamides is 1. The Hall–Kier alpha value is -1.20. The SMILES string of the molecule is CN(c1ccc2c(c1)C=CNC2)S(C)(=O)=O.Cl. The Labute approximate surface area is 108 Å². The molecule has 6 heteroatoms. The summed E-state index contributed by atoms with van der Waals surface area (Å²) in [4.78, 5) is 0. The molecule has 1 aliphatic rings. The van der Waals surface area contributed by atoms with E-state index < -0.39 is 10.0 Å². The van der Waals surface area contributed by atoms with Crippen LogP contribution in [0.2, 0.25) is 0 Å². The fraction of sp³-hybridized carbons (Fsp3) is 0.273. The standard InChI is InChI=1S/C11H14N2O2S.ClH/c1-13(16(2,14)15)11-4-3-10-8-12-6-5-9(10)7-11;/h3-7,12H,8H2,1-2H3;1H. The zero-order chi connectivity index (χ0) is 11.8. The van der Waals surface area contributed by atoms with Crippen LogP contribution in [0.3, 0.4) is 0 Å². The topological polar surface area (TPSA) is 49.4 Å². The molecular weight excluding hydrogens is 260 g/mol. The van der Waals surface area contributed by atoms with Crippen molar-refractivity contribution >= 4 is 34.2 Å². The van der Waals surface area contributed by atoms with Crippen LogP contribution < -0.4 is 9.62 Å². The van der Waals surface area contributed by atoms with Crippen molar-refractivity contribution in [1.82, 2.24) is 5.32 Å². The van der Waals surface area contributed by atoms with Crippen LogP contribution in [0.1, 0.15) is 11.1 Å². The summed E-state index contributed by atoms with van der Waals surface area (Å²) in [5, 5.41) is 3.11. The number of hydrogen-bond acceptors (Lipinski definition) is 3. The fourth-order valence-corrected chi connectivity index (χ4v) is 2.10. The molecule has 0 saturated heterocycles. The van der Waals surface area contributed by atoms with Gasteiger partial charge in [-0.05, 0) is 35.5 Å². The van der Waals surface area contributed by atoms with Gasteiger partial charge in [0.15, 0.2) is 0 Å². The highest BCUT2D eigenvalue weighted by molar-refractivity contribution is 7.92. The summed E-state index contributed by atoms with van der Waals surface area (Å²) in [6, 6.07) is 5.65. The molecule has 0 amide bonds. The minimum absolute atomic E-state index is 0. The number of nitrogens with zero attached hydrogens (tertiary/aromatic N) is 1. The smallest absolute Gasteiger partial charge is 0.231 e. The van der Waals surface area contributed by atoms with Crippen LogP contribution in [0.25, 0.3) is 6.08 Å². The summed E-state index contributed by atoms with van der Waals surface area (Å²) in [5.41, 5.74) is 2.92. The van der Waals surface area contributed by atoms with Crippen molar-refractivity contribution < 1.29 is 8.42 Å². The van der Waals surface area contributed by atoms with Gasteiger partial charge in [0, 0.05) is 13.6 Å². The van der Waals surface area contributed by atoms with E-state index in [9.17, 15) is 8.42 Å². The second-order valence-electron chi connectivity index (χ2n) is 3.83. The van der Waals surface area contributed by atoms with Crippen LogP contribution in [0.5, 0.6) is 0 Å². The lowest BCUT2D eigenvalue weighted by atomic mass is 10.0. The van der Waals surface area contributed by atoms with Gasteiger partial charge in [0.1, 0.15) is 0 Å². The van der Waals surface area contributed by atoms with E-state index in [1.807, 2.05) is 30.5 Å². The monoisotopic (exact) mass is 274 g/mol. The molecule has 4 nitrogen and oxygen atoms in total. The van der Waals surface area contributed by atoms with Gasteiger partial charge in [-0.15, -0.1) is 12.4 Å². The third-order valence-corrected chi connectivity index (χ3v) is 3.87. The van der Waals surface area contributed by atoms with Crippen LogP contribution in [0.15, 0.2) is 24.4 Å². The van der Waals surface area contributed by atoms with Crippen molar-refractivity contribution in [2.45, 2.75) is 6.54 Å². The Morgan fingerprint density at radius 1 is 1.35 bits per heavy atom. The Bertz CT molecular complexity index is 540. The van der Waals surface area contributed by atoms with Crippen molar-refractivity contribution in [2.75, 3.05) is 17.6 Å². The Morgan fingerprint density at radius 3 is 2.71 bits per heavy atom. The molecule has 2 rings (SSSR count). The van der Waals surface area contributed by atoms with Gasteiger partial charge in [-0.2, -0.15) is 0 Å². The average molecular weight is 275 g/mol. The van der Waals surface area contributed by atoms with E-state index in [4.69, 9.17) is 0 Å². The number of rotatable bonds is 2. The molecule has 0 saturated carbocycles. The number of fused-ring (bicyclic) bond motifs is 1. The van der Waals surface area contributed by atoms with Crippen molar-refractivity contribution in [1.29, 1.82) is 0 Å². The minimum atomic E-state index is -3.19. The first-order chi connectivity index (χ1) is 7.48. The maximum absolute atomic E-state index is 11.4. The van der Waals surface area contributed by atoms with Gasteiger partial charge in [-0.3, -0.25) is 4.31 Å². The van der Waals surface area contributed by atoms with Gasteiger partial charge < -0.3 is 5.32 Å². The van der Waals surface area contributed by atoms with Gasteiger partial charge in [0.2, 0.25) is 10.0 Å². The molecule has 0 spiro atoms. The number of anilines is 1. The van der Waals surface area contributed by atoms with E-state index >= 15 is 0 Å². The number of halogens is 1. The first kappa shape index (κ1) is 13.9. The molecule has 0 bridgehead atoms.